The van der Waals surface area contributed by atoms with Gasteiger partial charge in [-0.15, -0.1) is 4.99 Å². The highest BCUT2D eigenvalue weighted by atomic mass is 35.5. The van der Waals surface area contributed by atoms with Crippen LogP contribution in [0.5, 0.6) is 0 Å². The van der Waals surface area contributed by atoms with Gasteiger partial charge >= 0.3 is 12.3 Å². The van der Waals surface area contributed by atoms with E-state index >= 15 is 0 Å². The van der Waals surface area contributed by atoms with Crippen LogP contribution in [-0.4, -0.2) is 47.5 Å². The Labute approximate surface area is 223 Å². The lowest BCUT2D eigenvalue weighted by Crippen LogP contribution is -2.38. The number of alkyl halides is 3. The van der Waals surface area contributed by atoms with Gasteiger partial charge in [-0.3, -0.25) is 14.9 Å². The molecule has 1 saturated heterocycles. The summed E-state index contributed by atoms with van der Waals surface area (Å²) >= 11 is 5.96. The van der Waals surface area contributed by atoms with Crippen molar-refractivity contribution in [2.75, 3.05) is 13.1 Å². The van der Waals surface area contributed by atoms with Gasteiger partial charge in [0.15, 0.2) is 0 Å². The molecule has 0 aromatic heterocycles. The van der Waals surface area contributed by atoms with Crippen LogP contribution in [0.15, 0.2) is 47.5 Å². The van der Waals surface area contributed by atoms with Crippen molar-refractivity contribution in [2.24, 2.45) is 10.7 Å². The summed E-state index contributed by atoms with van der Waals surface area (Å²) in [5.74, 6) is -2.28. The number of guanidine groups is 1. The molecule has 1 aliphatic heterocycles. The van der Waals surface area contributed by atoms with E-state index in [-0.39, 0.29) is 30.1 Å². The first kappa shape index (κ1) is 29.0. The fourth-order valence-corrected chi connectivity index (χ4v) is 4.29. The number of piperidine rings is 1. The van der Waals surface area contributed by atoms with Gasteiger partial charge in [-0.05, 0) is 75.4 Å². The third-order valence-electron chi connectivity index (χ3n) is 5.76. The van der Waals surface area contributed by atoms with E-state index in [1.165, 1.54) is 12.1 Å². The van der Waals surface area contributed by atoms with Crippen molar-refractivity contribution in [2.45, 2.75) is 51.3 Å². The van der Waals surface area contributed by atoms with E-state index in [2.05, 4.69) is 10.3 Å². The third kappa shape index (κ3) is 7.70. The Morgan fingerprint density at radius 2 is 1.71 bits per heavy atom. The smallest absolute Gasteiger partial charge is 0.437 e. The molecule has 0 saturated carbocycles. The number of carbonyl (C=O) groups excluding carboxylic acids is 3. The van der Waals surface area contributed by atoms with E-state index in [4.69, 9.17) is 22.1 Å². The number of amides is 3. The maximum absolute atomic E-state index is 14.0. The van der Waals surface area contributed by atoms with E-state index in [0.717, 1.165) is 6.07 Å². The summed E-state index contributed by atoms with van der Waals surface area (Å²) in [5.41, 5.74) is 3.89. The number of nitrogens with zero attached hydrogens (tertiary/aromatic N) is 2. The molecule has 3 rings (SSSR count). The summed E-state index contributed by atoms with van der Waals surface area (Å²) in [6.07, 6.45) is -5.15. The molecular formula is C26H28ClF3N4O4. The maximum atomic E-state index is 14.0. The topological polar surface area (TPSA) is 114 Å². The van der Waals surface area contributed by atoms with Gasteiger partial charge in [-0.25, -0.2) is 4.79 Å². The average molecular weight is 553 g/mol. The van der Waals surface area contributed by atoms with Crippen molar-refractivity contribution < 1.29 is 32.3 Å². The van der Waals surface area contributed by atoms with Gasteiger partial charge in [0.1, 0.15) is 5.60 Å². The van der Waals surface area contributed by atoms with Crippen LogP contribution < -0.4 is 11.1 Å². The number of halogens is 4. The molecule has 0 aliphatic carbocycles. The van der Waals surface area contributed by atoms with Crippen LogP contribution in [0, 0.1) is 0 Å². The number of nitrogens with one attached hydrogen (secondary N) is 1. The minimum atomic E-state index is -4.73. The van der Waals surface area contributed by atoms with Gasteiger partial charge in [0.25, 0.3) is 11.8 Å². The zero-order valence-electron chi connectivity index (χ0n) is 21.1. The van der Waals surface area contributed by atoms with Crippen LogP contribution in [0.1, 0.15) is 71.4 Å². The van der Waals surface area contributed by atoms with Crippen LogP contribution >= 0.6 is 11.6 Å². The number of likely N-dealkylation sites (tertiary alicyclic amines) is 1. The molecule has 3 amide bonds. The average Bonchev–Trinajstić information content (AvgIpc) is 2.81. The fraction of sp³-hybridized carbons (Fsp3) is 0.385. The van der Waals surface area contributed by atoms with Gasteiger partial charge in [0, 0.05) is 29.2 Å². The number of ether oxygens (including phenoxy) is 1. The van der Waals surface area contributed by atoms with Crippen molar-refractivity contribution >= 4 is 35.5 Å². The van der Waals surface area contributed by atoms with E-state index < -0.39 is 41.2 Å². The Hall–Kier alpha value is -3.60. The highest BCUT2D eigenvalue weighted by Crippen LogP contribution is 2.39. The van der Waals surface area contributed by atoms with Crippen molar-refractivity contribution in [3.05, 3.63) is 69.7 Å². The Kier molecular flexibility index (Phi) is 8.71. The molecule has 1 fully saturated rings. The second-order valence-electron chi connectivity index (χ2n) is 9.81. The normalized spacial score (nSPS) is 15.2. The Bertz CT molecular complexity index is 1250. The fourth-order valence-electron chi connectivity index (χ4n) is 4.10. The molecule has 2 aromatic rings. The number of hydrogen-bond donors (Lipinski definition) is 2. The van der Waals surface area contributed by atoms with Crippen molar-refractivity contribution in [3.8, 4) is 0 Å². The highest BCUT2D eigenvalue weighted by molar-refractivity contribution is 6.31. The van der Waals surface area contributed by atoms with Crippen LogP contribution in [0.25, 0.3) is 0 Å². The molecule has 204 valence electrons. The molecule has 3 N–H and O–H groups in total. The monoisotopic (exact) mass is 552 g/mol. The van der Waals surface area contributed by atoms with Gasteiger partial charge in [0.05, 0.1) is 5.56 Å². The molecule has 0 radical (unpaired) electrons. The van der Waals surface area contributed by atoms with Crippen LogP contribution in [0.4, 0.5) is 18.0 Å². The molecule has 12 heteroatoms. The second-order valence-corrected chi connectivity index (χ2v) is 10.2. The summed E-state index contributed by atoms with van der Waals surface area (Å²) in [6.45, 7) is 5.36. The van der Waals surface area contributed by atoms with Crippen LogP contribution in [0.2, 0.25) is 5.02 Å². The molecular weight excluding hydrogens is 525 g/mol. The number of carbonyl (C=O) groups is 3. The number of hydrogen-bond acceptors (Lipinski definition) is 4. The molecule has 2 aromatic carbocycles. The largest absolute Gasteiger partial charge is 0.442 e. The first-order chi connectivity index (χ1) is 17.6. The van der Waals surface area contributed by atoms with Gasteiger partial charge < -0.3 is 15.4 Å². The molecule has 0 unspecified atom stereocenters. The van der Waals surface area contributed by atoms with Crippen LogP contribution in [-0.2, 0) is 10.9 Å². The summed E-state index contributed by atoms with van der Waals surface area (Å²) < 4.78 is 46.9. The number of nitrogens with two attached hydrogens (primary N) is 1. The summed E-state index contributed by atoms with van der Waals surface area (Å²) in [7, 11) is 0. The highest BCUT2D eigenvalue weighted by Gasteiger charge is 2.37. The van der Waals surface area contributed by atoms with Crippen LogP contribution in [0.3, 0.4) is 0 Å². The van der Waals surface area contributed by atoms with E-state index in [9.17, 15) is 27.6 Å². The third-order valence-corrected chi connectivity index (χ3v) is 6.00. The molecule has 38 heavy (non-hydrogen) atoms. The number of rotatable bonds is 3. The standard InChI is InChI=1S/C26H28ClF3N4O4/c1-25(2,3)38-24(37)33-23(31)32-21(35)16-7-8-19(20(14-16)26(28,29)30)15-9-11-34(12-10-15)22(36)17-5-4-6-18(27)13-17/h4-8,13-15H,9-12H2,1-3H3,(H3,31,32,33,35,37). The second kappa shape index (κ2) is 11.4. The predicted octanol–water partition coefficient (Wildman–Crippen LogP) is 5.36. The van der Waals surface area contributed by atoms with Crippen molar-refractivity contribution in [1.29, 1.82) is 0 Å². The Balaban J connectivity index is 1.73. The molecule has 0 spiro atoms. The summed E-state index contributed by atoms with van der Waals surface area (Å²) in [4.78, 5) is 42.0. The Morgan fingerprint density at radius 1 is 1.05 bits per heavy atom. The van der Waals surface area contributed by atoms with E-state index in [1.54, 1.807) is 49.9 Å². The quantitative estimate of drug-likeness (QED) is 0.393. The zero-order chi connectivity index (χ0) is 28.3. The van der Waals surface area contributed by atoms with Gasteiger partial charge in [-0.1, -0.05) is 23.7 Å². The summed E-state index contributed by atoms with van der Waals surface area (Å²) in [5, 5.41) is 2.51. The Morgan fingerprint density at radius 3 is 2.29 bits per heavy atom. The van der Waals surface area contributed by atoms with Crippen molar-refractivity contribution in [3.63, 3.8) is 0 Å². The molecule has 8 nitrogen and oxygen atoms in total. The van der Waals surface area contributed by atoms with Gasteiger partial charge in [0.2, 0.25) is 5.96 Å². The SMILES string of the molecule is CC(C)(C)OC(=O)/N=C(/N)NC(=O)c1ccc(C2CCN(C(=O)c3cccc(Cl)c3)CC2)c(C(F)(F)F)c1. The molecule has 0 atom stereocenters. The lowest BCUT2D eigenvalue weighted by atomic mass is 9.85. The first-order valence-electron chi connectivity index (χ1n) is 11.8. The van der Waals surface area contributed by atoms with E-state index in [0.29, 0.717) is 23.4 Å². The number of benzene rings is 2. The molecule has 0 bridgehead atoms. The number of aliphatic imine (C=N–C) groups is 1. The predicted molar refractivity (Wildman–Crippen MR) is 136 cm³/mol. The minimum absolute atomic E-state index is 0.0410. The van der Waals surface area contributed by atoms with Gasteiger partial charge in [-0.2, -0.15) is 13.2 Å². The molecule has 1 heterocycles. The lowest BCUT2D eigenvalue weighted by Gasteiger charge is -2.33. The maximum Gasteiger partial charge on any atom is 0.437 e. The zero-order valence-corrected chi connectivity index (χ0v) is 21.8. The lowest BCUT2D eigenvalue weighted by molar-refractivity contribution is -0.138. The minimum Gasteiger partial charge on any atom is -0.442 e. The van der Waals surface area contributed by atoms with E-state index in [1.807, 2.05) is 0 Å². The molecule has 1 aliphatic rings. The van der Waals surface area contributed by atoms with Crippen molar-refractivity contribution in [1.82, 2.24) is 10.2 Å². The first-order valence-corrected chi connectivity index (χ1v) is 12.2. The summed E-state index contributed by atoms with van der Waals surface area (Å²) in [6, 6.07) is 9.75.